The Morgan fingerprint density at radius 3 is 2.41 bits per heavy atom. The van der Waals surface area contributed by atoms with Crippen LogP contribution in [0.2, 0.25) is 0 Å². The highest BCUT2D eigenvalue weighted by molar-refractivity contribution is 5.39. The molecule has 2 heteroatoms. The molecule has 88 valence electrons. The maximum absolute atomic E-state index is 5.81. The van der Waals surface area contributed by atoms with Crippen molar-refractivity contribution in [2.24, 2.45) is 0 Å². The molecule has 0 amide bonds. The summed E-state index contributed by atoms with van der Waals surface area (Å²) < 4.78 is 5.81. The first kappa shape index (κ1) is 11.5. The summed E-state index contributed by atoms with van der Waals surface area (Å²) in [6.07, 6.45) is 0.984. The van der Waals surface area contributed by atoms with Crippen molar-refractivity contribution in [1.29, 1.82) is 0 Å². The van der Waals surface area contributed by atoms with Gasteiger partial charge < -0.3 is 10.5 Å². The normalized spacial score (nSPS) is 10.2. The predicted octanol–water partition coefficient (Wildman–Crippen LogP) is 3.41. The van der Waals surface area contributed by atoms with Crippen LogP contribution in [0.25, 0.3) is 0 Å². The number of anilines is 1. The Bertz CT molecular complexity index is 477. The molecule has 0 atom stereocenters. The molecule has 17 heavy (non-hydrogen) atoms. The lowest BCUT2D eigenvalue weighted by atomic mass is 10.1. The SMILES string of the molecule is CCc1ccccc1OCc1ccc(N)cc1. The lowest BCUT2D eigenvalue weighted by Crippen LogP contribution is -1.98. The molecule has 2 rings (SSSR count). The Labute approximate surface area is 102 Å². The first-order chi connectivity index (χ1) is 8.29. The Morgan fingerprint density at radius 2 is 1.71 bits per heavy atom. The molecule has 0 aliphatic carbocycles. The largest absolute Gasteiger partial charge is 0.489 e. The topological polar surface area (TPSA) is 35.2 Å². The molecule has 2 aromatic rings. The van der Waals surface area contributed by atoms with Crippen molar-refractivity contribution in [3.8, 4) is 5.75 Å². The van der Waals surface area contributed by atoms with E-state index < -0.39 is 0 Å². The van der Waals surface area contributed by atoms with Crippen LogP contribution in [0.3, 0.4) is 0 Å². The van der Waals surface area contributed by atoms with Crippen molar-refractivity contribution in [1.82, 2.24) is 0 Å². The monoisotopic (exact) mass is 227 g/mol. The number of rotatable bonds is 4. The zero-order valence-corrected chi connectivity index (χ0v) is 10.0. The minimum absolute atomic E-state index is 0.581. The molecular formula is C15H17NO. The molecule has 0 spiro atoms. The predicted molar refractivity (Wildman–Crippen MR) is 71.0 cm³/mol. The third-order valence-corrected chi connectivity index (χ3v) is 2.73. The summed E-state index contributed by atoms with van der Waals surface area (Å²) in [5, 5.41) is 0. The zero-order chi connectivity index (χ0) is 12.1. The molecule has 0 fully saturated rings. The first-order valence-electron chi connectivity index (χ1n) is 5.84. The minimum Gasteiger partial charge on any atom is -0.489 e. The van der Waals surface area contributed by atoms with E-state index in [1.165, 1.54) is 5.56 Å². The van der Waals surface area contributed by atoms with E-state index in [9.17, 15) is 0 Å². The zero-order valence-electron chi connectivity index (χ0n) is 10.0. The molecule has 2 N–H and O–H groups in total. The second kappa shape index (κ2) is 5.39. The summed E-state index contributed by atoms with van der Waals surface area (Å²) >= 11 is 0. The third-order valence-electron chi connectivity index (χ3n) is 2.73. The van der Waals surface area contributed by atoms with Crippen molar-refractivity contribution < 1.29 is 4.74 Å². The maximum atomic E-state index is 5.81. The summed E-state index contributed by atoms with van der Waals surface area (Å²) in [5.74, 6) is 0.965. The van der Waals surface area contributed by atoms with E-state index in [0.29, 0.717) is 6.61 Å². The number of hydrogen-bond acceptors (Lipinski definition) is 2. The fourth-order valence-corrected chi connectivity index (χ4v) is 1.71. The van der Waals surface area contributed by atoms with E-state index in [0.717, 1.165) is 23.4 Å². The standard InChI is InChI=1S/C15H17NO/c1-2-13-5-3-4-6-15(13)17-11-12-7-9-14(16)10-8-12/h3-10H,2,11,16H2,1H3. The Hall–Kier alpha value is -1.96. The van der Waals surface area contributed by atoms with Gasteiger partial charge in [-0.25, -0.2) is 0 Å². The van der Waals surface area contributed by atoms with E-state index in [4.69, 9.17) is 10.5 Å². The van der Waals surface area contributed by atoms with Crippen LogP contribution < -0.4 is 10.5 Å². The van der Waals surface area contributed by atoms with Gasteiger partial charge in [-0.1, -0.05) is 37.3 Å². The highest BCUT2D eigenvalue weighted by atomic mass is 16.5. The van der Waals surface area contributed by atoms with Crippen LogP contribution in [-0.4, -0.2) is 0 Å². The van der Waals surface area contributed by atoms with Gasteiger partial charge in [0.25, 0.3) is 0 Å². The highest BCUT2D eigenvalue weighted by Crippen LogP contribution is 2.19. The van der Waals surface area contributed by atoms with Crippen LogP contribution in [0.5, 0.6) is 5.75 Å². The summed E-state index contributed by atoms with van der Waals surface area (Å²) in [5.41, 5.74) is 8.79. The lowest BCUT2D eigenvalue weighted by molar-refractivity contribution is 0.303. The van der Waals surface area contributed by atoms with Crippen LogP contribution in [0.1, 0.15) is 18.1 Å². The molecule has 0 saturated carbocycles. The van der Waals surface area contributed by atoms with Crippen molar-refractivity contribution in [3.63, 3.8) is 0 Å². The van der Waals surface area contributed by atoms with Gasteiger partial charge in [0.05, 0.1) is 0 Å². The van der Waals surface area contributed by atoms with Gasteiger partial charge >= 0.3 is 0 Å². The molecule has 2 nitrogen and oxygen atoms in total. The van der Waals surface area contributed by atoms with Crippen molar-refractivity contribution in [3.05, 3.63) is 59.7 Å². The van der Waals surface area contributed by atoms with Crippen molar-refractivity contribution in [2.75, 3.05) is 5.73 Å². The molecule has 0 saturated heterocycles. The summed E-state index contributed by atoms with van der Waals surface area (Å²) in [6.45, 7) is 2.71. The van der Waals surface area contributed by atoms with Crippen LogP contribution in [-0.2, 0) is 13.0 Å². The molecule has 0 radical (unpaired) electrons. The summed E-state index contributed by atoms with van der Waals surface area (Å²) in [7, 11) is 0. The number of aryl methyl sites for hydroxylation is 1. The van der Waals surface area contributed by atoms with Gasteiger partial charge in [-0.3, -0.25) is 0 Å². The van der Waals surface area contributed by atoms with Gasteiger partial charge in [-0.2, -0.15) is 0 Å². The number of ether oxygens (including phenoxy) is 1. The fraction of sp³-hybridized carbons (Fsp3) is 0.200. The number of para-hydroxylation sites is 1. The van der Waals surface area contributed by atoms with Gasteiger partial charge in [0.2, 0.25) is 0 Å². The van der Waals surface area contributed by atoms with Crippen molar-refractivity contribution >= 4 is 5.69 Å². The first-order valence-corrected chi connectivity index (χ1v) is 5.84. The molecule has 0 bridgehead atoms. The molecule has 0 aliphatic heterocycles. The molecule has 0 aliphatic rings. The Kier molecular flexibility index (Phi) is 3.66. The molecule has 0 unspecified atom stereocenters. The van der Waals surface area contributed by atoms with E-state index in [2.05, 4.69) is 13.0 Å². The van der Waals surface area contributed by atoms with E-state index >= 15 is 0 Å². The van der Waals surface area contributed by atoms with Gasteiger partial charge in [-0.15, -0.1) is 0 Å². The van der Waals surface area contributed by atoms with E-state index in [1.54, 1.807) is 0 Å². The second-order valence-electron chi connectivity index (χ2n) is 3.99. The highest BCUT2D eigenvalue weighted by Gasteiger charge is 2.00. The van der Waals surface area contributed by atoms with Crippen LogP contribution in [0, 0.1) is 0 Å². The fourth-order valence-electron chi connectivity index (χ4n) is 1.71. The van der Waals surface area contributed by atoms with Gasteiger partial charge in [0.15, 0.2) is 0 Å². The average Bonchev–Trinajstić information content (AvgIpc) is 2.38. The molecule has 0 aromatic heterocycles. The summed E-state index contributed by atoms with van der Waals surface area (Å²) in [6, 6.07) is 15.9. The van der Waals surface area contributed by atoms with E-state index in [1.807, 2.05) is 42.5 Å². The van der Waals surface area contributed by atoms with Gasteiger partial charge in [-0.05, 0) is 35.7 Å². The third kappa shape index (κ3) is 3.00. The lowest BCUT2D eigenvalue weighted by Gasteiger charge is -2.10. The number of hydrogen-bond donors (Lipinski definition) is 1. The summed E-state index contributed by atoms with van der Waals surface area (Å²) in [4.78, 5) is 0. The minimum atomic E-state index is 0.581. The van der Waals surface area contributed by atoms with E-state index in [-0.39, 0.29) is 0 Å². The van der Waals surface area contributed by atoms with Crippen molar-refractivity contribution in [2.45, 2.75) is 20.0 Å². The smallest absolute Gasteiger partial charge is 0.122 e. The number of benzene rings is 2. The number of nitrogen functional groups attached to an aromatic ring is 1. The molecular weight excluding hydrogens is 210 g/mol. The quantitative estimate of drug-likeness (QED) is 0.812. The second-order valence-corrected chi connectivity index (χ2v) is 3.99. The van der Waals surface area contributed by atoms with Gasteiger partial charge in [0, 0.05) is 5.69 Å². The van der Waals surface area contributed by atoms with Crippen LogP contribution in [0.15, 0.2) is 48.5 Å². The Balaban J connectivity index is 2.04. The Morgan fingerprint density at radius 1 is 1.00 bits per heavy atom. The van der Waals surface area contributed by atoms with Gasteiger partial charge in [0.1, 0.15) is 12.4 Å². The number of nitrogens with two attached hydrogens (primary N) is 1. The molecule has 2 aromatic carbocycles. The van der Waals surface area contributed by atoms with Crippen LogP contribution in [0.4, 0.5) is 5.69 Å². The molecule has 0 heterocycles. The average molecular weight is 227 g/mol. The maximum Gasteiger partial charge on any atom is 0.122 e. The van der Waals surface area contributed by atoms with Crippen LogP contribution >= 0.6 is 0 Å².